The number of likely N-dealkylation sites (tertiary alicyclic amines) is 1. The van der Waals surface area contributed by atoms with Crippen LogP contribution in [0.1, 0.15) is 94.3 Å². The van der Waals surface area contributed by atoms with Crippen molar-refractivity contribution in [2.75, 3.05) is 13.2 Å². The fourth-order valence-corrected chi connectivity index (χ4v) is 3.90. The maximum absolute atomic E-state index is 13.9. The van der Waals surface area contributed by atoms with Gasteiger partial charge in [-0.15, -0.1) is 0 Å². The summed E-state index contributed by atoms with van der Waals surface area (Å²) >= 11 is 0. The number of hydrogen-bond acceptors (Lipinski definition) is 3. The topological polar surface area (TPSA) is 46.6 Å². The van der Waals surface area contributed by atoms with Crippen LogP contribution in [-0.4, -0.2) is 36.0 Å². The largest absolute Gasteiger partial charge is 0.464 e. The molecule has 0 bridgehead atoms. The second kappa shape index (κ2) is 13.3. The molecule has 1 atom stereocenters. The van der Waals surface area contributed by atoms with E-state index in [0.717, 1.165) is 19.3 Å². The maximum atomic E-state index is 13.9. The second-order valence-corrected chi connectivity index (χ2v) is 7.99. The van der Waals surface area contributed by atoms with Crippen molar-refractivity contribution in [3.8, 4) is 0 Å². The summed E-state index contributed by atoms with van der Waals surface area (Å²) in [5, 5.41) is 0. The summed E-state index contributed by atoms with van der Waals surface area (Å²) < 4.78 is 19.3. The molecule has 1 amide bonds. The summed E-state index contributed by atoms with van der Waals surface area (Å²) in [5.74, 6) is -1.34. The maximum Gasteiger partial charge on any atom is 0.328 e. The minimum absolute atomic E-state index is 0.0156. The average Bonchev–Trinajstić information content (AvgIpc) is 3.22. The first-order valence-electron chi connectivity index (χ1n) is 11.4. The number of nitrogens with zero attached hydrogens (tertiary/aromatic N) is 1. The smallest absolute Gasteiger partial charge is 0.328 e. The van der Waals surface area contributed by atoms with Crippen LogP contribution in [-0.2, 0) is 9.53 Å². The minimum atomic E-state index is -0.592. The van der Waals surface area contributed by atoms with Crippen molar-refractivity contribution >= 4 is 11.9 Å². The Bertz CT molecular complexity index is 634. The second-order valence-electron chi connectivity index (χ2n) is 7.99. The molecular weight excluding hydrogens is 369 g/mol. The lowest BCUT2D eigenvalue weighted by atomic mass is 10.1. The molecule has 162 valence electrons. The lowest BCUT2D eigenvalue weighted by molar-refractivity contribution is -0.148. The van der Waals surface area contributed by atoms with Crippen LogP contribution in [0.2, 0.25) is 0 Å². The lowest BCUT2D eigenvalue weighted by Gasteiger charge is -2.23. The van der Waals surface area contributed by atoms with E-state index in [-0.39, 0.29) is 11.5 Å². The first-order chi connectivity index (χ1) is 14.1. The van der Waals surface area contributed by atoms with Crippen LogP contribution in [0.4, 0.5) is 4.39 Å². The molecule has 1 heterocycles. The van der Waals surface area contributed by atoms with Gasteiger partial charge in [-0.2, -0.15) is 0 Å². The Hall–Kier alpha value is -1.91. The molecule has 0 saturated carbocycles. The zero-order valence-corrected chi connectivity index (χ0v) is 17.8. The van der Waals surface area contributed by atoms with Crippen LogP contribution in [0.5, 0.6) is 0 Å². The van der Waals surface area contributed by atoms with Gasteiger partial charge in [0, 0.05) is 6.54 Å². The Kier molecular flexibility index (Phi) is 10.7. The molecular formula is C24H36FNO3. The van der Waals surface area contributed by atoms with E-state index < -0.39 is 17.8 Å². The van der Waals surface area contributed by atoms with Gasteiger partial charge in [0.2, 0.25) is 0 Å². The third-order valence-electron chi connectivity index (χ3n) is 5.63. The standard InChI is InChI=1S/C24H36FNO3/c1-2-3-4-5-6-7-8-9-10-13-19-29-24(28)22-17-14-18-26(22)23(27)20-15-11-12-16-21(20)25/h11-12,15-16,22H,2-10,13-14,17-19H2,1H3. The van der Waals surface area contributed by atoms with E-state index in [0.29, 0.717) is 19.6 Å². The molecule has 1 saturated heterocycles. The Labute approximate surface area is 174 Å². The number of benzene rings is 1. The van der Waals surface area contributed by atoms with Crippen LogP contribution >= 0.6 is 0 Å². The first-order valence-corrected chi connectivity index (χ1v) is 11.4. The number of carbonyl (C=O) groups excluding carboxylic acids is 2. The first kappa shape index (κ1) is 23.4. The van der Waals surface area contributed by atoms with Gasteiger partial charge in [-0.25, -0.2) is 9.18 Å². The van der Waals surface area contributed by atoms with Gasteiger partial charge in [0.05, 0.1) is 12.2 Å². The summed E-state index contributed by atoms with van der Waals surface area (Å²) in [7, 11) is 0. The number of ether oxygens (including phenoxy) is 1. The highest BCUT2D eigenvalue weighted by Gasteiger charge is 2.36. The van der Waals surface area contributed by atoms with E-state index in [1.165, 1.54) is 68.4 Å². The molecule has 0 aromatic heterocycles. The predicted octanol–water partition coefficient (Wildman–Crippen LogP) is 5.89. The molecule has 5 heteroatoms. The summed E-state index contributed by atoms with van der Waals surface area (Å²) in [6.45, 7) is 3.09. The molecule has 1 aliphatic rings. The number of rotatable bonds is 13. The molecule has 0 radical (unpaired) electrons. The zero-order chi connectivity index (χ0) is 20.9. The summed E-state index contributed by atoms with van der Waals surface area (Å²) in [6, 6.07) is 5.31. The zero-order valence-electron chi connectivity index (χ0n) is 17.8. The number of halogens is 1. The van der Waals surface area contributed by atoms with E-state index in [1.807, 2.05) is 0 Å². The molecule has 0 spiro atoms. The summed E-state index contributed by atoms with van der Waals surface area (Å²) in [6.07, 6.45) is 13.6. The third kappa shape index (κ3) is 7.79. The number of carbonyl (C=O) groups is 2. The third-order valence-corrected chi connectivity index (χ3v) is 5.63. The molecule has 1 unspecified atom stereocenters. The molecule has 4 nitrogen and oxygen atoms in total. The van der Waals surface area contributed by atoms with Crippen LogP contribution in [0.3, 0.4) is 0 Å². The van der Waals surface area contributed by atoms with Gasteiger partial charge >= 0.3 is 5.97 Å². The van der Waals surface area contributed by atoms with Gasteiger partial charge in [-0.05, 0) is 31.4 Å². The Morgan fingerprint density at radius 2 is 1.62 bits per heavy atom. The van der Waals surface area contributed by atoms with Crippen molar-refractivity contribution in [3.63, 3.8) is 0 Å². The average molecular weight is 406 g/mol. The SMILES string of the molecule is CCCCCCCCCCCCOC(=O)C1CCCN1C(=O)c1ccccc1F. The highest BCUT2D eigenvalue weighted by Crippen LogP contribution is 2.22. The monoisotopic (exact) mass is 405 g/mol. The van der Waals surface area contributed by atoms with E-state index >= 15 is 0 Å². The van der Waals surface area contributed by atoms with Gasteiger partial charge in [-0.3, -0.25) is 4.79 Å². The molecule has 1 fully saturated rings. The van der Waals surface area contributed by atoms with E-state index in [1.54, 1.807) is 12.1 Å². The van der Waals surface area contributed by atoms with E-state index in [2.05, 4.69) is 6.92 Å². The lowest BCUT2D eigenvalue weighted by Crippen LogP contribution is -2.41. The number of amides is 1. The van der Waals surface area contributed by atoms with Gasteiger partial charge in [0.25, 0.3) is 5.91 Å². The van der Waals surface area contributed by atoms with Crippen LogP contribution < -0.4 is 0 Å². The number of unbranched alkanes of at least 4 members (excludes halogenated alkanes) is 9. The van der Waals surface area contributed by atoms with Crippen molar-refractivity contribution in [2.24, 2.45) is 0 Å². The van der Waals surface area contributed by atoms with Crippen LogP contribution in [0, 0.1) is 5.82 Å². The van der Waals surface area contributed by atoms with Crippen molar-refractivity contribution in [3.05, 3.63) is 35.6 Å². The number of esters is 1. The van der Waals surface area contributed by atoms with Crippen molar-refractivity contribution < 1.29 is 18.7 Å². The van der Waals surface area contributed by atoms with Crippen molar-refractivity contribution in [1.82, 2.24) is 4.90 Å². The number of hydrogen-bond donors (Lipinski definition) is 0. The molecule has 1 aromatic rings. The van der Waals surface area contributed by atoms with Crippen molar-refractivity contribution in [1.29, 1.82) is 0 Å². The molecule has 0 aliphatic carbocycles. The Morgan fingerprint density at radius 3 is 2.28 bits per heavy atom. The molecule has 0 N–H and O–H groups in total. The normalized spacial score (nSPS) is 16.2. The summed E-state index contributed by atoms with van der Waals surface area (Å²) in [5.41, 5.74) is 0.0156. The Balaban J connectivity index is 1.62. The van der Waals surface area contributed by atoms with Crippen LogP contribution in [0.25, 0.3) is 0 Å². The molecule has 1 aromatic carbocycles. The molecule has 29 heavy (non-hydrogen) atoms. The fraction of sp³-hybridized carbons (Fsp3) is 0.667. The highest BCUT2D eigenvalue weighted by atomic mass is 19.1. The van der Waals surface area contributed by atoms with Gasteiger partial charge in [-0.1, -0.05) is 76.8 Å². The summed E-state index contributed by atoms with van der Waals surface area (Å²) in [4.78, 5) is 26.5. The van der Waals surface area contributed by atoms with Gasteiger partial charge in [0.15, 0.2) is 0 Å². The minimum Gasteiger partial charge on any atom is -0.464 e. The Morgan fingerprint density at radius 1 is 1.00 bits per heavy atom. The quantitative estimate of drug-likeness (QED) is 0.303. The van der Waals surface area contributed by atoms with E-state index in [9.17, 15) is 14.0 Å². The van der Waals surface area contributed by atoms with Crippen molar-refractivity contribution in [2.45, 2.75) is 90.0 Å². The van der Waals surface area contributed by atoms with Gasteiger partial charge < -0.3 is 9.64 Å². The fourth-order valence-electron chi connectivity index (χ4n) is 3.90. The van der Waals surface area contributed by atoms with E-state index in [4.69, 9.17) is 4.74 Å². The molecule has 2 rings (SSSR count). The molecule has 1 aliphatic heterocycles. The predicted molar refractivity (Wildman–Crippen MR) is 113 cm³/mol. The van der Waals surface area contributed by atoms with Crippen LogP contribution in [0.15, 0.2) is 24.3 Å². The highest BCUT2D eigenvalue weighted by molar-refractivity contribution is 5.97. The van der Waals surface area contributed by atoms with Gasteiger partial charge in [0.1, 0.15) is 11.9 Å².